The number of hydrogen-bond acceptors (Lipinski definition) is 8. The van der Waals surface area contributed by atoms with Crippen molar-refractivity contribution in [3.05, 3.63) is 48.0 Å². The third-order valence-electron chi connectivity index (χ3n) is 8.47. The van der Waals surface area contributed by atoms with Gasteiger partial charge in [0.15, 0.2) is 0 Å². The Balaban J connectivity index is 1.54. The van der Waals surface area contributed by atoms with Crippen LogP contribution < -0.4 is 10.6 Å². The second-order valence-corrected chi connectivity index (χ2v) is 13.1. The average Bonchev–Trinajstić information content (AvgIpc) is 3.70. The Morgan fingerprint density at radius 2 is 1.06 bits per heavy atom. The number of fused-ring (bicyclic) bond motifs is 2. The van der Waals surface area contributed by atoms with Gasteiger partial charge in [0.05, 0.1) is 49.4 Å². The SMILES string of the molecule is CCCN(Cc1nc2ccc(-c3ccc4nc(CN(CCC)C(=O)[C@@H](NC(=O)OC)C(C)C)[nH]c4c3)cc2[nH]1)C(=O)[C@@H](NC(=O)OC)C(C)C. The van der Waals surface area contributed by atoms with Gasteiger partial charge in [-0.25, -0.2) is 19.6 Å². The number of rotatable bonds is 15. The summed E-state index contributed by atoms with van der Waals surface area (Å²) >= 11 is 0. The van der Waals surface area contributed by atoms with Gasteiger partial charge in [0, 0.05) is 13.1 Å². The van der Waals surface area contributed by atoms with E-state index in [1.807, 2.05) is 77.9 Å². The number of nitrogens with zero attached hydrogens (tertiary/aromatic N) is 4. The van der Waals surface area contributed by atoms with E-state index in [1.165, 1.54) is 14.2 Å². The third kappa shape index (κ3) is 9.10. The smallest absolute Gasteiger partial charge is 0.407 e. The van der Waals surface area contributed by atoms with Crippen molar-refractivity contribution in [2.24, 2.45) is 11.8 Å². The monoisotopic (exact) mass is 690 g/mol. The molecule has 50 heavy (non-hydrogen) atoms. The molecule has 270 valence electrons. The zero-order valence-electron chi connectivity index (χ0n) is 30.3. The van der Waals surface area contributed by atoms with E-state index in [9.17, 15) is 19.2 Å². The minimum Gasteiger partial charge on any atom is -0.453 e. The summed E-state index contributed by atoms with van der Waals surface area (Å²) in [4.78, 5) is 70.5. The fourth-order valence-electron chi connectivity index (χ4n) is 5.86. The van der Waals surface area contributed by atoms with Gasteiger partial charge in [0.25, 0.3) is 0 Å². The van der Waals surface area contributed by atoms with Gasteiger partial charge < -0.3 is 39.9 Å². The minimum absolute atomic E-state index is 0.132. The molecule has 4 N–H and O–H groups in total. The van der Waals surface area contributed by atoms with Crippen LogP contribution in [-0.2, 0) is 32.2 Å². The van der Waals surface area contributed by atoms with Crippen molar-refractivity contribution in [2.45, 2.75) is 79.6 Å². The summed E-state index contributed by atoms with van der Waals surface area (Å²) in [5.74, 6) is 0.628. The molecule has 0 aliphatic rings. The predicted molar refractivity (Wildman–Crippen MR) is 191 cm³/mol. The topological polar surface area (TPSA) is 175 Å². The molecule has 0 bridgehead atoms. The standard InChI is InChI=1S/C36H50N8O6/c1-9-15-43(33(45)31(21(3)4)41-35(47)49-7)19-29-37-25-13-11-23(17-27(25)39-29)24-12-14-26-28(18-24)40-30(38-26)20-44(16-10-2)34(46)32(22(5)6)42-36(48)50-8/h11-14,17-18,21-22,31-32H,9-10,15-16,19-20H2,1-8H3,(H,37,39)(H,38,40)(H,41,47)(H,42,48)/t31-,32-/m0/s1. The fourth-order valence-corrected chi connectivity index (χ4v) is 5.86. The quantitative estimate of drug-likeness (QED) is 0.129. The van der Waals surface area contributed by atoms with E-state index in [0.717, 1.165) is 46.0 Å². The molecule has 0 saturated heterocycles. The largest absolute Gasteiger partial charge is 0.453 e. The van der Waals surface area contributed by atoms with E-state index in [4.69, 9.17) is 19.4 Å². The number of aromatic amines is 2. The summed E-state index contributed by atoms with van der Waals surface area (Å²) in [6.07, 6.45) is 0.199. The molecular weight excluding hydrogens is 640 g/mol. The van der Waals surface area contributed by atoms with Crippen molar-refractivity contribution in [3.8, 4) is 11.1 Å². The molecule has 0 aliphatic carbocycles. The van der Waals surface area contributed by atoms with Crippen LogP contribution in [0.3, 0.4) is 0 Å². The zero-order chi connectivity index (χ0) is 36.5. The van der Waals surface area contributed by atoms with Gasteiger partial charge in [-0.1, -0.05) is 53.7 Å². The number of carbonyl (C=O) groups excluding carboxylic acids is 4. The number of hydrogen-bond donors (Lipinski definition) is 4. The first-order valence-electron chi connectivity index (χ1n) is 17.1. The maximum Gasteiger partial charge on any atom is 0.407 e. The first-order valence-corrected chi connectivity index (χ1v) is 17.1. The number of benzene rings is 2. The molecule has 2 atom stereocenters. The number of nitrogens with one attached hydrogen (secondary N) is 4. The van der Waals surface area contributed by atoms with E-state index in [2.05, 4.69) is 20.6 Å². The average molecular weight is 691 g/mol. The highest BCUT2D eigenvalue weighted by Crippen LogP contribution is 2.27. The lowest BCUT2D eigenvalue weighted by Gasteiger charge is -2.28. The Morgan fingerprint density at radius 1 is 0.680 bits per heavy atom. The molecule has 4 aromatic rings. The van der Waals surface area contributed by atoms with E-state index in [-0.39, 0.29) is 36.7 Å². The maximum atomic E-state index is 13.5. The number of carbonyl (C=O) groups is 4. The van der Waals surface area contributed by atoms with Crippen LogP contribution in [0.1, 0.15) is 66.0 Å². The van der Waals surface area contributed by atoms with E-state index in [0.29, 0.717) is 24.7 Å². The number of alkyl carbamates (subject to hydrolysis) is 2. The molecule has 4 rings (SSSR count). The second-order valence-electron chi connectivity index (χ2n) is 13.1. The molecule has 2 heterocycles. The van der Waals surface area contributed by atoms with Crippen LogP contribution in [0.25, 0.3) is 33.2 Å². The molecule has 14 heteroatoms. The highest BCUT2D eigenvalue weighted by Gasteiger charge is 2.30. The summed E-state index contributed by atoms with van der Waals surface area (Å²) in [5.41, 5.74) is 5.12. The molecule has 14 nitrogen and oxygen atoms in total. The summed E-state index contributed by atoms with van der Waals surface area (Å²) in [7, 11) is 2.55. The fraction of sp³-hybridized carbons (Fsp3) is 0.500. The molecule has 0 saturated carbocycles. The molecule has 2 aromatic carbocycles. The Hall–Kier alpha value is -5.14. The Labute approximate surface area is 292 Å². The van der Waals surface area contributed by atoms with E-state index >= 15 is 0 Å². The highest BCUT2D eigenvalue weighted by atomic mass is 16.5. The van der Waals surface area contributed by atoms with Crippen LogP contribution in [0, 0.1) is 11.8 Å². The first-order chi connectivity index (χ1) is 23.9. The first kappa shape index (κ1) is 37.7. The van der Waals surface area contributed by atoms with Gasteiger partial charge in [-0.05, 0) is 60.1 Å². The summed E-state index contributed by atoms with van der Waals surface area (Å²) in [6.45, 7) is 13.1. The van der Waals surface area contributed by atoms with Gasteiger partial charge in [-0.2, -0.15) is 0 Å². The third-order valence-corrected chi connectivity index (χ3v) is 8.47. The van der Waals surface area contributed by atoms with Crippen LogP contribution in [0.5, 0.6) is 0 Å². The van der Waals surface area contributed by atoms with Crippen LogP contribution in [-0.4, -0.2) is 93.1 Å². The molecule has 0 unspecified atom stereocenters. The van der Waals surface area contributed by atoms with Gasteiger partial charge in [0.2, 0.25) is 11.8 Å². The Bertz CT molecular complexity index is 1670. The van der Waals surface area contributed by atoms with Crippen molar-refractivity contribution < 1.29 is 28.7 Å². The van der Waals surface area contributed by atoms with Gasteiger partial charge in [-0.15, -0.1) is 0 Å². The lowest BCUT2D eigenvalue weighted by atomic mass is 10.0. The van der Waals surface area contributed by atoms with Crippen LogP contribution in [0.2, 0.25) is 0 Å². The second kappa shape index (κ2) is 17.0. The Kier molecular flexibility index (Phi) is 12.8. The minimum atomic E-state index is -0.723. The molecule has 0 fully saturated rings. The molecule has 2 aromatic heterocycles. The van der Waals surface area contributed by atoms with Crippen molar-refractivity contribution in [1.82, 2.24) is 40.4 Å². The highest BCUT2D eigenvalue weighted by molar-refractivity contribution is 5.88. The number of H-pyrrole nitrogens is 2. The number of methoxy groups -OCH3 is 2. The number of imidazole rings is 2. The van der Waals surface area contributed by atoms with Crippen molar-refractivity contribution in [1.29, 1.82) is 0 Å². The number of amides is 4. The van der Waals surface area contributed by atoms with Gasteiger partial charge in [0.1, 0.15) is 23.7 Å². The van der Waals surface area contributed by atoms with Gasteiger partial charge in [-0.3, -0.25) is 9.59 Å². The van der Waals surface area contributed by atoms with E-state index < -0.39 is 24.3 Å². The molecule has 0 radical (unpaired) electrons. The lowest BCUT2D eigenvalue weighted by molar-refractivity contribution is -0.135. The van der Waals surface area contributed by atoms with Crippen molar-refractivity contribution in [2.75, 3.05) is 27.3 Å². The predicted octanol–water partition coefficient (Wildman–Crippen LogP) is 5.34. The lowest BCUT2D eigenvalue weighted by Crippen LogP contribution is -2.51. The Morgan fingerprint density at radius 3 is 1.38 bits per heavy atom. The summed E-state index contributed by atoms with van der Waals surface area (Å²) < 4.78 is 9.48. The summed E-state index contributed by atoms with van der Waals surface area (Å²) in [6, 6.07) is 10.5. The molecular formula is C36H50N8O6. The van der Waals surface area contributed by atoms with Crippen LogP contribution >= 0.6 is 0 Å². The maximum absolute atomic E-state index is 13.5. The molecule has 0 spiro atoms. The van der Waals surface area contributed by atoms with Gasteiger partial charge >= 0.3 is 12.2 Å². The number of aromatic nitrogens is 4. The molecule has 0 aliphatic heterocycles. The van der Waals surface area contributed by atoms with Crippen LogP contribution in [0.15, 0.2) is 36.4 Å². The van der Waals surface area contributed by atoms with Crippen molar-refractivity contribution >= 4 is 46.1 Å². The zero-order valence-corrected chi connectivity index (χ0v) is 30.3. The van der Waals surface area contributed by atoms with Crippen LogP contribution in [0.4, 0.5) is 9.59 Å². The number of ether oxygens (including phenoxy) is 2. The molecule has 4 amide bonds. The summed E-state index contributed by atoms with van der Waals surface area (Å²) in [5, 5.41) is 5.34. The van der Waals surface area contributed by atoms with E-state index in [1.54, 1.807) is 9.80 Å². The normalized spacial score (nSPS) is 12.6. The van der Waals surface area contributed by atoms with Crippen molar-refractivity contribution in [3.63, 3.8) is 0 Å².